The molecule has 0 spiro atoms. The largest absolute Gasteiger partial charge is 0.387 e. The highest BCUT2D eigenvalue weighted by atomic mass is 16.3. The van der Waals surface area contributed by atoms with E-state index < -0.39 is 6.10 Å². The number of aliphatic hydroxyl groups is 1. The van der Waals surface area contributed by atoms with Gasteiger partial charge in [0.1, 0.15) is 0 Å². The smallest absolute Gasteiger partial charge is 0.0957 e. The van der Waals surface area contributed by atoms with Crippen LogP contribution in [0.1, 0.15) is 43.9 Å². The Morgan fingerprint density at radius 1 is 1.44 bits per heavy atom. The van der Waals surface area contributed by atoms with Crippen LogP contribution < -0.4 is 5.32 Å². The van der Waals surface area contributed by atoms with Crippen molar-refractivity contribution in [2.75, 3.05) is 6.54 Å². The number of aryl methyl sites for hydroxylation is 1. The Hall–Kier alpha value is -0.930. The topological polar surface area (TPSA) is 45.2 Å². The maximum atomic E-state index is 10.0. The molecule has 2 heterocycles. The van der Waals surface area contributed by atoms with Crippen LogP contribution in [0.25, 0.3) is 0 Å². The Bertz CT molecular complexity index is 309. The summed E-state index contributed by atoms with van der Waals surface area (Å²) in [6, 6.07) is 2.20. The van der Waals surface area contributed by atoms with Crippen molar-refractivity contribution < 1.29 is 5.11 Å². The molecule has 0 bridgehead atoms. The van der Waals surface area contributed by atoms with Gasteiger partial charge in [-0.1, -0.05) is 19.9 Å². The normalized spacial score (nSPS) is 21.1. The van der Waals surface area contributed by atoms with Crippen LogP contribution in [0.2, 0.25) is 0 Å². The van der Waals surface area contributed by atoms with Crippen molar-refractivity contribution in [2.45, 2.75) is 45.8 Å². The van der Waals surface area contributed by atoms with Crippen molar-refractivity contribution in [1.82, 2.24) is 10.3 Å². The van der Waals surface area contributed by atoms with Gasteiger partial charge < -0.3 is 10.4 Å². The van der Waals surface area contributed by atoms with Gasteiger partial charge in [0, 0.05) is 24.0 Å². The Balaban J connectivity index is 0.000000606. The number of nitrogens with zero attached hydrogens (tertiary/aromatic N) is 1. The zero-order valence-corrected chi connectivity index (χ0v) is 10.4. The lowest BCUT2D eigenvalue weighted by molar-refractivity contribution is 0.137. The summed E-state index contributed by atoms with van der Waals surface area (Å²) in [5, 5.41) is 13.3. The van der Waals surface area contributed by atoms with Gasteiger partial charge in [0.15, 0.2) is 0 Å². The highest BCUT2D eigenvalue weighted by molar-refractivity contribution is 5.20. The fourth-order valence-electron chi connectivity index (χ4n) is 1.95. The Kier molecular flexibility index (Phi) is 5.43. The first-order valence-electron chi connectivity index (χ1n) is 6.10. The molecule has 0 radical (unpaired) electrons. The van der Waals surface area contributed by atoms with E-state index >= 15 is 0 Å². The van der Waals surface area contributed by atoms with Crippen LogP contribution in [0.4, 0.5) is 0 Å². The van der Waals surface area contributed by atoms with Gasteiger partial charge in [-0.2, -0.15) is 0 Å². The fraction of sp³-hybridized carbons (Fsp3) is 0.615. The van der Waals surface area contributed by atoms with Gasteiger partial charge in [0.2, 0.25) is 0 Å². The maximum Gasteiger partial charge on any atom is 0.0957 e. The van der Waals surface area contributed by atoms with Gasteiger partial charge in [-0.3, -0.25) is 4.98 Å². The molecule has 0 amide bonds. The maximum absolute atomic E-state index is 10.0. The molecule has 1 aliphatic rings. The molecule has 1 aromatic heterocycles. The number of hydrogen-bond acceptors (Lipinski definition) is 3. The Morgan fingerprint density at radius 3 is 2.75 bits per heavy atom. The van der Waals surface area contributed by atoms with E-state index in [0.717, 1.165) is 30.5 Å². The summed E-state index contributed by atoms with van der Waals surface area (Å²) in [5.41, 5.74) is 2.02. The average molecular weight is 222 g/mol. The van der Waals surface area contributed by atoms with Crippen molar-refractivity contribution in [2.24, 2.45) is 0 Å². The molecule has 3 nitrogen and oxygen atoms in total. The number of hydrogen-bond donors (Lipinski definition) is 2. The summed E-state index contributed by atoms with van der Waals surface area (Å²) in [6.07, 6.45) is 5.34. The summed E-state index contributed by atoms with van der Waals surface area (Å²) < 4.78 is 0. The second kappa shape index (κ2) is 6.61. The van der Waals surface area contributed by atoms with Crippen molar-refractivity contribution >= 4 is 0 Å². The summed E-state index contributed by atoms with van der Waals surface area (Å²) in [7, 11) is 0. The predicted molar refractivity (Wildman–Crippen MR) is 66.3 cm³/mol. The Morgan fingerprint density at radius 2 is 2.19 bits per heavy atom. The van der Waals surface area contributed by atoms with E-state index in [9.17, 15) is 5.11 Å². The van der Waals surface area contributed by atoms with Crippen LogP contribution in [0.5, 0.6) is 0 Å². The van der Waals surface area contributed by atoms with Crippen molar-refractivity contribution in [3.63, 3.8) is 0 Å². The molecule has 2 atom stereocenters. The molecule has 2 rings (SSSR count). The third-order valence-electron chi connectivity index (χ3n) is 2.72. The molecule has 0 saturated carbocycles. The lowest BCUT2D eigenvalue weighted by Gasteiger charge is -2.18. The highest BCUT2D eigenvalue weighted by Gasteiger charge is 2.23. The van der Waals surface area contributed by atoms with E-state index in [1.54, 1.807) is 12.4 Å². The van der Waals surface area contributed by atoms with Gasteiger partial charge >= 0.3 is 0 Å². The SMILES string of the molecule is CC.Cc1cncc(C(O)C2CCCN2)c1. The molecule has 2 N–H and O–H groups in total. The molecule has 2 unspecified atom stereocenters. The lowest BCUT2D eigenvalue weighted by Crippen LogP contribution is -2.28. The molecule has 1 fully saturated rings. The molecule has 3 heteroatoms. The predicted octanol–water partition coefficient (Wildman–Crippen LogP) is 2.20. The number of pyridine rings is 1. The van der Waals surface area contributed by atoms with Gasteiger partial charge in [-0.15, -0.1) is 0 Å². The van der Waals surface area contributed by atoms with Gasteiger partial charge in [0.05, 0.1) is 6.10 Å². The van der Waals surface area contributed by atoms with E-state index in [0.29, 0.717) is 0 Å². The second-order valence-electron chi connectivity index (χ2n) is 3.94. The van der Waals surface area contributed by atoms with Gasteiger partial charge in [0.25, 0.3) is 0 Å². The van der Waals surface area contributed by atoms with Crippen LogP contribution in [-0.4, -0.2) is 22.7 Å². The number of rotatable bonds is 2. The summed E-state index contributed by atoms with van der Waals surface area (Å²) in [5.74, 6) is 0. The lowest BCUT2D eigenvalue weighted by atomic mass is 10.0. The minimum absolute atomic E-state index is 0.207. The number of nitrogens with one attached hydrogen (secondary N) is 1. The van der Waals surface area contributed by atoms with Crippen molar-refractivity contribution in [3.05, 3.63) is 29.6 Å². The molecule has 1 saturated heterocycles. The minimum Gasteiger partial charge on any atom is -0.387 e. The van der Waals surface area contributed by atoms with E-state index in [4.69, 9.17) is 0 Å². The molecule has 0 aromatic carbocycles. The zero-order valence-electron chi connectivity index (χ0n) is 10.4. The summed E-state index contributed by atoms with van der Waals surface area (Å²) >= 11 is 0. The number of aromatic nitrogens is 1. The van der Waals surface area contributed by atoms with Crippen LogP contribution in [0, 0.1) is 6.92 Å². The molecule has 16 heavy (non-hydrogen) atoms. The fourth-order valence-corrected chi connectivity index (χ4v) is 1.95. The third kappa shape index (κ3) is 3.29. The van der Waals surface area contributed by atoms with E-state index in [-0.39, 0.29) is 6.04 Å². The summed E-state index contributed by atoms with van der Waals surface area (Å²) in [6.45, 7) is 7.01. The van der Waals surface area contributed by atoms with Crippen molar-refractivity contribution in [3.8, 4) is 0 Å². The van der Waals surface area contributed by atoms with E-state index in [1.807, 2.05) is 26.8 Å². The molecule has 0 aliphatic carbocycles. The van der Waals surface area contributed by atoms with Gasteiger partial charge in [-0.25, -0.2) is 0 Å². The first-order chi connectivity index (χ1) is 7.77. The Labute approximate surface area is 97.9 Å². The van der Waals surface area contributed by atoms with Crippen molar-refractivity contribution in [1.29, 1.82) is 0 Å². The van der Waals surface area contributed by atoms with Crippen LogP contribution >= 0.6 is 0 Å². The molecular formula is C13H22N2O. The second-order valence-corrected chi connectivity index (χ2v) is 3.94. The third-order valence-corrected chi connectivity index (χ3v) is 2.72. The monoisotopic (exact) mass is 222 g/mol. The first-order valence-corrected chi connectivity index (χ1v) is 6.10. The molecular weight excluding hydrogens is 200 g/mol. The van der Waals surface area contributed by atoms with Crippen LogP contribution in [-0.2, 0) is 0 Å². The molecule has 90 valence electrons. The van der Waals surface area contributed by atoms with Crippen LogP contribution in [0.15, 0.2) is 18.5 Å². The highest BCUT2D eigenvalue weighted by Crippen LogP contribution is 2.22. The average Bonchev–Trinajstić information content (AvgIpc) is 2.84. The molecule has 1 aromatic rings. The zero-order chi connectivity index (χ0) is 12.0. The minimum atomic E-state index is -0.412. The summed E-state index contributed by atoms with van der Waals surface area (Å²) in [4.78, 5) is 4.09. The van der Waals surface area contributed by atoms with Crippen LogP contribution in [0.3, 0.4) is 0 Å². The number of aliphatic hydroxyl groups excluding tert-OH is 1. The standard InChI is InChI=1S/C11H16N2O.C2H6/c1-8-5-9(7-12-6-8)11(14)10-3-2-4-13-10;1-2/h5-7,10-11,13-14H,2-4H2,1H3;1-2H3. The van der Waals surface area contributed by atoms with E-state index in [1.165, 1.54) is 0 Å². The van der Waals surface area contributed by atoms with E-state index in [2.05, 4.69) is 10.3 Å². The molecule has 1 aliphatic heterocycles. The quantitative estimate of drug-likeness (QED) is 0.806. The first kappa shape index (κ1) is 13.1. The van der Waals surface area contributed by atoms with Gasteiger partial charge in [-0.05, 0) is 31.9 Å².